The van der Waals surface area contributed by atoms with Crippen LogP contribution in [0.2, 0.25) is 0 Å². The van der Waals surface area contributed by atoms with Crippen LogP contribution in [0.15, 0.2) is 85.2 Å². The molecule has 1 unspecified atom stereocenters. The van der Waals surface area contributed by atoms with Gasteiger partial charge in [-0.2, -0.15) is 0 Å². The molecule has 3 aromatic carbocycles. The number of rotatable bonds is 17. The van der Waals surface area contributed by atoms with Crippen molar-refractivity contribution in [2.24, 2.45) is 0 Å². The van der Waals surface area contributed by atoms with E-state index in [9.17, 15) is 19.5 Å². The van der Waals surface area contributed by atoms with Crippen LogP contribution in [0.5, 0.6) is 5.75 Å². The molecule has 286 valence electrons. The van der Waals surface area contributed by atoms with Gasteiger partial charge in [0, 0.05) is 48.7 Å². The summed E-state index contributed by atoms with van der Waals surface area (Å²) in [7, 11) is 0. The second-order valence-electron chi connectivity index (χ2n) is 15.3. The SMILES string of the molecule is CCCCCCCOc1ccc(-c2cnc(-c3ccc(CC(NC(=O)c4ccc(C(C)(C)C)cc4)C(=O)NC4(CC(=O)O)CCOCC4)cc3)nc2)cc1. The van der Waals surface area contributed by atoms with Crippen molar-refractivity contribution >= 4 is 17.8 Å². The molecule has 54 heavy (non-hydrogen) atoms. The maximum absolute atomic E-state index is 13.9. The van der Waals surface area contributed by atoms with Gasteiger partial charge >= 0.3 is 5.97 Å². The number of aromatic nitrogens is 2. The monoisotopic (exact) mass is 734 g/mol. The Bertz CT molecular complexity index is 1810. The molecule has 1 aliphatic heterocycles. The molecular formula is C44H54N4O6. The first-order chi connectivity index (χ1) is 25.9. The number of nitrogens with one attached hydrogen (secondary N) is 2. The van der Waals surface area contributed by atoms with E-state index >= 15 is 0 Å². The van der Waals surface area contributed by atoms with Crippen molar-refractivity contribution < 1.29 is 29.0 Å². The summed E-state index contributed by atoms with van der Waals surface area (Å²) in [6.07, 6.45) is 10.3. The van der Waals surface area contributed by atoms with Gasteiger partial charge in [-0.05, 0) is 65.6 Å². The van der Waals surface area contributed by atoms with Crippen molar-refractivity contribution in [2.75, 3.05) is 19.8 Å². The largest absolute Gasteiger partial charge is 0.494 e. The molecule has 0 aliphatic carbocycles. The molecule has 10 nitrogen and oxygen atoms in total. The number of unbranched alkanes of at least 4 members (excludes halogenated alkanes) is 4. The molecular weight excluding hydrogens is 681 g/mol. The standard InChI is InChI=1S/C44H54N4O6/c1-5-6-7-8-9-24-54-37-20-16-32(17-21-37)35-29-45-40(46-30-35)33-12-10-31(11-13-33)27-38(42(52)48-44(28-39(49)50)22-25-53-26-23-44)47-41(51)34-14-18-36(19-15-34)43(2,3)4/h10-21,29-30,38H,5-9,22-28H2,1-4H3,(H,47,51)(H,48,52)(H,49,50). The molecule has 2 amide bonds. The van der Waals surface area contributed by atoms with Gasteiger partial charge in [-0.25, -0.2) is 9.97 Å². The van der Waals surface area contributed by atoms with Gasteiger partial charge in [0.15, 0.2) is 5.82 Å². The third-order valence-corrected chi connectivity index (χ3v) is 9.97. The van der Waals surface area contributed by atoms with Crippen molar-refractivity contribution in [1.82, 2.24) is 20.6 Å². The second-order valence-corrected chi connectivity index (χ2v) is 15.3. The van der Waals surface area contributed by atoms with Gasteiger partial charge in [0.05, 0.1) is 18.6 Å². The summed E-state index contributed by atoms with van der Waals surface area (Å²) < 4.78 is 11.4. The van der Waals surface area contributed by atoms with Gasteiger partial charge in [-0.1, -0.05) is 102 Å². The molecule has 4 aromatic rings. The van der Waals surface area contributed by atoms with E-state index in [4.69, 9.17) is 9.47 Å². The van der Waals surface area contributed by atoms with Gasteiger partial charge in [0.1, 0.15) is 11.8 Å². The fraction of sp³-hybridized carbons (Fsp3) is 0.432. The molecule has 10 heteroatoms. The highest BCUT2D eigenvalue weighted by Gasteiger charge is 2.38. The lowest BCUT2D eigenvalue weighted by atomic mass is 9.86. The number of amides is 2. The lowest BCUT2D eigenvalue weighted by Gasteiger charge is -2.38. The Labute approximate surface area is 319 Å². The number of nitrogens with zero attached hydrogens (tertiary/aromatic N) is 2. The molecule has 0 radical (unpaired) electrons. The topological polar surface area (TPSA) is 140 Å². The lowest BCUT2D eigenvalue weighted by Crippen LogP contribution is -2.58. The number of benzene rings is 3. The zero-order chi connectivity index (χ0) is 38.6. The minimum absolute atomic E-state index is 0.0758. The average Bonchev–Trinajstić information content (AvgIpc) is 3.16. The van der Waals surface area contributed by atoms with Crippen LogP contribution in [-0.2, 0) is 26.2 Å². The number of aliphatic carboxylic acids is 1. The molecule has 0 saturated carbocycles. The van der Waals surface area contributed by atoms with Crippen LogP contribution in [-0.4, -0.2) is 64.3 Å². The van der Waals surface area contributed by atoms with Crippen LogP contribution in [0.4, 0.5) is 0 Å². The average molecular weight is 735 g/mol. The summed E-state index contributed by atoms with van der Waals surface area (Å²) in [6, 6.07) is 21.9. The van der Waals surface area contributed by atoms with Crippen LogP contribution in [0.3, 0.4) is 0 Å². The van der Waals surface area contributed by atoms with E-state index in [1.165, 1.54) is 25.7 Å². The third kappa shape index (κ3) is 11.5. The fourth-order valence-electron chi connectivity index (χ4n) is 6.61. The maximum Gasteiger partial charge on any atom is 0.305 e. The molecule has 1 aliphatic rings. The van der Waals surface area contributed by atoms with Gasteiger partial charge < -0.3 is 25.2 Å². The van der Waals surface area contributed by atoms with E-state index in [1.807, 2.05) is 60.7 Å². The first kappa shape index (κ1) is 40.1. The molecule has 1 atom stereocenters. The van der Waals surface area contributed by atoms with Crippen molar-refractivity contribution in [2.45, 2.75) is 102 Å². The number of carboxylic acids is 1. The van der Waals surface area contributed by atoms with E-state index in [0.717, 1.165) is 46.6 Å². The molecule has 0 spiro atoms. The van der Waals surface area contributed by atoms with Crippen LogP contribution in [0.1, 0.15) is 101 Å². The molecule has 0 bridgehead atoms. The van der Waals surface area contributed by atoms with Gasteiger partial charge in [0.25, 0.3) is 5.91 Å². The first-order valence-corrected chi connectivity index (χ1v) is 19.1. The maximum atomic E-state index is 13.9. The summed E-state index contributed by atoms with van der Waals surface area (Å²) in [5, 5.41) is 15.6. The molecule has 2 heterocycles. The van der Waals surface area contributed by atoms with Crippen LogP contribution in [0, 0.1) is 0 Å². The normalized spacial score (nSPS) is 14.5. The second kappa shape index (κ2) is 18.8. The van der Waals surface area contributed by atoms with Crippen LogP contribution < -0.4 is 15.4 Å². The van der Waals surface area contributed by atoms with Crippen molar-refractivity contribution in [1.29, 1.82) is 0 Å². The molecule has 1 fully saturated rings. The first-order valence-electron chi connectivity index (χ1n) is 19.1. The number of hydrogen-bond donors (Lipinski definition) is 3. The smallest absolute Gasteiger partial charge is 0.305 e. The number of ether oxygens (including phenoxy) is 2. The Balaban J connectivity index is 1.26. The molecule has 3 N–H and O–H groups in total. The zero-order valence-corrected chi connectivity index (χ0v) is 32.0. The summed E-state index contributed by atoms with van der Waals surface area (Å²) in [4.78, 5) is 48.5. The highest BCUT2D eigenvalue weighted by atomic mass is 16.5. The van der Waals surface area contributed by atoms with E-state index in [0.29, 0.717) is 37.4 Å². The summed E-state index contributed by atoms with van der Waals surface area (Å²) in [5.74, 6) is -0.425. The predicted molar refractivity (Wildman–Crippen MR) is 210 cm³/mol. The Morgan fingerprint density at radius 2 is 1.46 bits per heavy atom. The lowest BCUT2D eigenvalue weighted by molar-refractivity contribution is -0.140. The number of carboxylic acid groups (broad SMARTS) is 1. The summed E-state index contributed by atoms with van der Waals surface area (Å²) in [5.41, 5.74) is 3.98. The quantitative estimate of drug-likeness (QED) is 0.0930. The molecule has 5 rings (SSSR count). The highest BCUT2D eigenvalue weighted by Crippen LogP contribution is 2.27. The predicted octanol–water partition coefficient (Wildman–Crippen LogP) is 7.94. The van der Waals surface area contributed by atoms with E-state index in [1.54, 1.807) is 24.5 Å². The van der Waals surface area contributed by atoms with Crippen LogP contribution in [0.25, 0.3) is 22.5 Å². The van der Waals surface area contributed by atoms with Crippen LogP contribution >= 0.6 is 0 Å². The Morgan fingerprint density at radius 3 is 2.07 bits per heavy atom. The summed E-state index contributed by atoms with van der Waals surface area (Å²) in [6.45, 7) is 9.93. The highest BCUT2D eigenvalue weighted by molar-refractivity contribution is 5.98. The van der Waals surface area contributed by atoms with E-state index in [2.05, 4.69) is 48.3 Å². The van der Waals surface area contributed by atoms with Gasteiger partial charge in [0.2, 0.25) is 5.91 Å². The number of carbonyl (C=O) groups is 3. The Hall–Kier alpha value is -5.09. The zero-order valence-electron chi connectivity index (χ0n) is 32.0. The number of carbonyl (C=O) groups excluding carboxylic acids is 2. The molecule has 1 aromatic heterocycles. The van der Waals surface area contributed by atoms with Crippen molar-refractivity contribution in [3.8, 4) is 28.3 Å². The fourth-order valence-corrected chi connectivity index (χ4v) is 6.61. The van der Waals surface area contributed by atoms with Crippen molar-refractivity contribution in [3.63, 3.8) is 0 Å². The van der Waals surface area contributed by atoms with Crippen molar-refractivity contribution in [3.05, 3.63) is 102 Å². The van der Waals surface area contributed by atoms with Gasteiger partial charge in [-0.3, -0.25) is 14.4 Å². The minimum atomic E-state index is -1.01. The molecule has 1 saturated heterocycles. The number of hydrogen-bond acceptors (Lipinski definition) is 7. The summed E-state index contributed by atoms with van der Waals surface area (Å²) >= 11 is 0. The van der Waals surface area contributed by atoms with Gasteiger partial charge in [-0.15, -0.1) is 0 Å². The minimum Gasteiger partial charge on any atom is -0.494 e. The Morgan fingerprint density at radius 1 is 0.833 bits per heavy atom. The van der Waals surface area contributed by atoms with E-state index < -0.39 is 23.5 Å². The third-order valence-electron chi connectivity index (χ3n) is 9.97. The Kier molecular flexibility index (Phi) is 14.0. The van der Waals surface area contributed by atoms with E-state index in [-0.39, 0.29) is 24.2 Å².